The Labute approximate surface area is 131 Å². The zero-order chi connectivity index (χ0) is 15.4. The summed E-state index contributed by atoms with van der Waals surface area (Å²) < 4.78 is 0. The van der Waals surface area contributed by atoms with Crippen molar-refractivity contribution in [2.45, 2.75) is 13.0 Å². The molecule has 0 bridgehead atoms. The highest BCUT2D eigenvalue weighted by atomic mass is 16.3. The second-order valence-electron chi connectivity index (χ2n) is 5.42. The third kappa shape index (κ3) is 3.12. The van der Waals surface area contributed by atoms with Crippen LogP contribution < -0.4 is 5.32 Å². The summed E-state index contributed by atoms with van der Waals surface area (Å²) in [5.74, 6) is 0.260. The first-order valence-electron chi connectivity index (χ1n) is 7.40. The van der Waals surface area contributed by atoms with Crippen LogP contribution in [0.1, 0.15) is 22.7 Å². The van der Waals surface area contributed by atoms with E-state index in [1.807, 2.05) is 36.4 Å². The number of hydrogen-bond acceptors (Lipinski definition) is 2. The van der Waals surface area contributed by atoms with Crippen LogP contribution in [0.4, 0.5) is 5.69 Å². The summed E-state index contributed by atoms with van der Waals surface area (Å²) in [4.78, 5) is 0. The predicted molar refractivity (Wildman–Crippen MR) is 91.2 cm³/mol. The summed E-state index contributed by atoms with van der Waals surface area (Å²) >= 11 is 0. The molecule has 0 saturated heterocycles. The Hall–Kier alpha value is -2.74. The molecule has 3 rings (SSSR count). The number of anilines is 1. The van der Waals surface area contributed by atoms with Gasteiger partial charge in [-0.1, -0.05) is 72.3 Å². The molecular weight excluding hydrogens is 270 g/mol. The molecule has 22 heavy (non-hydrogen) atoms. The van der Waals surface area contributed by atoms with Crippen LogP contribution in [-0.2, 0) is 0 Å². The summed E-state index contributed by atoms with van der Waals surface area (Å²) in [6.45, 7) is 2.08. The standard InChI is InChI=1S/C20H19NO/c1-15-11-13-17(14-12-15)20(16-7-3-2-4-8-16)21-18-9-5-6-10-19(18)22/h2-14,20-22H,1H3. The molecule has 0 aliphatic rings. The highest BCUT2D eigenvalue weighted by molar-refractivity contribution is 5.58. The van der Waals surface area contributed by atoms with Crippen LogP contribution in [0.5, 0.6) is 5.75 Å². The molecular formula is C20H19NO. The number of aryl methyl sites for hydroxylation is 1. The number of benzene rings is 3. The van der Waals surface area contributed by atoms with E-state index < -0.39 is 0 Å². The summed E-state index contributed by atoms with van der Waals surface area (Å²) in [7, 11) is 0. The van der Waals surface area contributed by atoms with Gasteiger partial charge in [-0.2, -0.15) is 0 Å². The summed E-state index contributed by atoms with van der Waals surface area (Å²) in [5.41, 5.74) is 4.30. The number of para-hydroxylation sites is 2. The number of nitrogens with one attached hydrogen (secondary N) is 1. The molecule has 3 aromatic rings. The predicted octanol–water partition coefficient (Wildman–Crippen LogP) is 4.90. The Morgan fingerprint density at radius 3 is 2.00 bits per heavy atom. The first-order chi connectivity index (χ1) is 10.7. The maximum Gasteiger partial charge on any atom is 0.138 e. The molecule has 1 atom stereocenters. The molecule has 110 valence electrons. The van der Waals surface area contributed by atoms with Gasteiger partial charge >= 0.3 is 0 Å². The van der Waals surface area contributed by atoms with Gasteiger partial charge in [-0.15, -0.1) is 0 Å². The van der Waals surface area contributed by atoms with Crippen LogP contribution in [0.25, 0.3) is 0 Å². The highest BCUT2D eigenvalue weighted by Gasteiger charge is 2.15. The number of rotatable bonds is 4. The van der Waals surface area contributed by atoms with Crippen LogP contribution in [0.15, 0.2) is 78.9 Å². The van der Waals surface area contributed by atoms with E-state index in [2.05, 4.69) is 48.6 Å². The van der Waals surface area contributed by atoms with Gasteiger partial charge in [-0.05, 0) is 30.2 Å². The molecule has 0 fully saturated rings. The fraction of sp³-hybridized carbons (Fsp3) is 0.100. The summed E-state index contributed by atoms with van der Waals surface area (Å²) in [5, 5.41) is 13.5. The largest absolute Gasteiger partial charge is 0.506 e. The molecule has 1 unspecified atom stereocenters. The van der Waals surface area contributed by atoms with Crippen molar-refractivity contribution >= 4 is 5.69 Å². The van der Waals surface area contributed by atoms with Crippen LogP contribution in [0.2, 0.25) is 0 Å². The number of hydrogen-bond donors (Lipinski definition) is 2. The molecule has 2 N–H and O–H groups in total. The van der Waals surface area contributed by atoms with E-state index >= 15 is 0 Å². The van der Waals surface area contributed by atoms with Gasteiger partial charge < -0.3 is 10.4 Å². The summed E-state index contributed by atoms with van der Waals surface area (Å²) in [6.07, 6.45) is 0. The average molecular weight is 289 g/mol. The second-order valence-corrected chi connectivity index (χ2v) is 5.42. The fourth-order valence-corrected chi connectivity index (χ4v) is 2.51. The molecule has 0 aromatic heterocycles. The summed E-state index contributed by atoms with van der Waals surface area (Å²) in [6, 6.07) is 26.0. The van der Waals surface area contributed by atoms with Crippen LogP contribution >= 0.6 is 0 Å². The van der Waals surface area contributed by atoms with Crippen molar-refractivity contribution in [2.75, 3.05) is 5.32 Å². The lowest BCUT2D eigenvalue weighted by molar-refractivity contribution is 0.477. The van der Waals surface area contributed by atoms with Gasteiger partial charge in [-0.25, -0.2) is 0 Å². The SMILES string of the molecule is Cc1ccc(C(Nc2ccccc2O)c2ccccc2)cc1. The molecule has 0 spiro atoms. The van der Waals surface area contributed by atoms with Gasteiger partial charge in [0.1, 0.15) is 5.75 Å². The minimum absolute atomic E-state index is 0.00454. The average Bonchev–Trinajstić information content (AvgIpc) is 2.56. The van der Waals surface area contributed by atoms with E-state index in [1.54, 1.807) is 6.07 Å². The van der Waals surface area contributed by atoms with Gasteiger partial charge in [0, 0.05) is 0 Å². The van der Waals surface area contributed by atoms with Crippen LogP contribution in [0.3, 0.4) is 0 Å². The molecule has 0 aliphatic carbocycles. The smallest absolute Gasteiger partial charge is 0.138 e. The first kappa shape index (κ1) is 14.2. The van der Waals surface area contributed by atoms with Crippen molar-refractivity contribution in [3.8, 4) is 5.75 Å². The maximum absolute atomic E-state index is 10.0. The van der Waals surface area contributed by atoms with Crippen molar-refractivity contribution < 1.29 is 5.11 Å². The van der Waals surface area contributed by atoms with Crippen molar-refractivity contribution in [3.63, 3.8) is 0 Å². The van der Waals surface area contributed by atoms with E-state index in [0.717, 1.165) is 11.3 Å². The maximum atomic E-state index is 10.0. The minimum atomic E-state index is -0.00454. The number of aromatic hydroxyl groups is 1. The van der Waals surface area contributed by atoms with E-state index in [1.165, 1.54) is 11.1 Å². The molecule has 0 aliphatic heterocycles. The zero-order valence-corrected chi connectivity index (χ0v) is 12.5. The Morgan fingerprint density at radius 1 is 0.727 bits per heavy atom. The van der Waals surface area contributed by atoms with Crippen molar-refractivity contribution in [3.05, 3.63) is 95.6 Å². The lowest BCUT2D eigenvalue weighted by Gasteiger charge is -2.22. The first-order valence-corrected chi connectivity index (χ1v) is 7.40. The Bertz CT molecular complexity index is 735. The molecule has 0 amide bonds. The zero-order valence-electron chi connectivity index (χ0n) is 12.5. The third-order valence-electron chi connectivity index (χ3n) is 3.75. The van der Waals surface area contributed by atoms with E-state index in [4.69, 9.17) is 0 Å². The number of phenolic OH excluding ortho intramolecular Hbond substituents is 1. The molecule has 0 radical (unpaired) electrons. The van der Waals surface area contributed by atoms with Gasteiger partial charge in [0.15, 0.2) is 0 Å². The van der Waals surface area contributed by atoms with Gasteiger partial charge in [0.25, 0.3) is 0 Å². The monoisotopic (exact) mass is 289 g/mol. The van der Waals surface area contributed by atoms with Crippen molar-refractivity contribution in [2.24, 2.45) is 0 Å². The van der Waals surface area contributed by atoms with Gasteiger partial charge in [0.2, 0.25) is 0 Å². The van der Waals surface area contributed by atoms with Crippen LogP contribution in [-0.4, -0.2) is 5.11 Å². The molecule has 0 saturated carbocycles. The van der Waals surface area contributed by atoms with Crippen molar-refractivity contribution in [1.82, 2.24) is 0 Å². The van der Waals surface area contributed by atoms with Gasteiger partial charge in [-0.3, -0.25) is 0 Å². The molecule has 2 heteroatoms. The van der Waals surface area contributed by atoms with Gasteiger partial charge in [0.05, 0.1) is 11.7 Å². The van der Waals surface area contributed by atoms with Crippen molar-refractivity contribution in [1.29, 1.82) is 0 Å². The normalized spacial score (nSPS) is 11.9. The Balaban J connectivity index is 2.00. The molecule has 2 nitrogen and oxygen atoms in total. The van der Waals surface area contributed by atoms with E-state index in [9.17, 15) is 5.11 Å². The topological polar surface area (TPSA) is 32.3 Å². The second kappa shape index (κ2) is 6.35. The van der Waals surface area contributed by atoms with Crippen LogP contribution in [0, 0.1) is 6.92 Å². The van der Waals surface area contributed by atoms with E-state index in [-0.39, 0.29) is 11.8 Å². The quantitative estimate of drug-likeness (QED) is 0.669. The Kier molecular flexibility index (Phi) is 4.10. The lowest BCUT2D eigenvalue weighted by Crippen LogP contribution is -2.12. The molecule has 3 aromatic carbocycles. The highest BCUT2D eigenvalue weighted by Crippen LogP contribution is 2.31. The fourth-order valence-electron chi connectivity index (χ4n) is 2.51. The minimum Gasteiger partial charge on any atom is -0.506 e. The molecule has 0 heterocycles. The number of phenols is 1. The Morgan fingerprint density at radius 2 is 1.32 bits per heavy atom. The lowest BCUT2D eigenvalue weighted by atomic mass is 9.97. The third-order valence-corrected chi connectivity index (χ3v) is 3.75. The van der Waals surface area contributed by atoms with E-state index in [0.29, 0.717) is 0 Å².